The third-order valence-corrected chi connectivity index (χ3v) is 4.87. The molecule has 0 spiro atoms. The molecular weight excluding hydrogens is 350 g/mol. The summed E-state index contributed by atoms with van der Waals surface area (Å²) in [6, 6.07) is 3.72. The molecule has 6 nitrogen and oxygen atoms in total. The molecule has 1 aliphatic rings. The van der Waals surface area contributed by atoms with Crippen molar-refractivity contribution in [1.29, 1.82) is 0 Å². The van der Waals surface area contributed by atoms with E-state index in [0.717, 1.165) is 24.4 Å². The molecule has 3 atom stereocenters. The first-order chi connectivity index (χ1) is 11.6. The van der Waals surface area contributed by atoms with Gasteiger partial charge in [-0.15, -0.1) is 11.3 Å². The second-order valence-electron chi connectivity index (χ2n) is 5.74. The summed E-state index contributed by atoms with van der Waals surface area (Å²) in [4.78, 5) is 5.26. The molecule has 0 aromatic carbocycles. The van der Waals surface area contributed by atoms with E-state index in [9.17, 15) is 5.11 Å². The summed E-state index contributed by atoms with van der Waals surface area (Å²) in [7, 11) is 0. The quantitative estimate of drug-likeness (QED) is 0.479. The van der Waals surface area contributed by atoms with Gasteiger partial charge >= 0.3 is 0 Å². The first-order valence-corrected chi connectivity index (χ1v) is 9.45. The van der Waals surface area contributed by atoms with Crippen LogP contribution in [0.5, 0.6) is 0 Å². The van der Waals surface area contributed by atoms with Crippen LogP contribution in [0, 0.1) is 0 Å². The average Bonchev–Trinajstić information content (AvgIpc) is 3.22. The third kappa shape index (κ3) is 6.57. The maximum Gasteiger partial charge on any atom is 0.191 e. The van der Waals surface area contributed by atoms with E-state index in [-0.39, 0.29) is 18.7 Å². The minimum atomic E-state index is -0.653. The molecule has 1 aliphatic heterocycles. The van der Waals surface area contributed by atoms with Crippen LogP contribution in [0.3, 0.4) is 0 Å². The van der Waals surface area contributed by atoms with Crippen molar-refractivity contribution in [3.8, 4) is 0 Å². The second kappa shape index (κ2) is 10.2. The highest BCUT2D eigenvalue weighted by atomic mass is 35.5. The topological polar surface area (TPSA) is 75.1 Å². The van der Waals surface area contributed by atoms with Gasteiger partial charge in [0.1, 0.15) is 6.10 Å². The molecular formula is C16H26ClN3O3S. The van der Waals surface area contributed by atoms with Crippen molar-refractivity contribution in [3.63, 3.8) is 0 Å². The number of guanidine groups is 1. The van der Waals surface area contributed by atoms with Crippen molar-refractivity contribution in [2.45, 2.75) is 38.5 Å². The summed E-state index contributed by atoms with van der Waals surface area (Å²) < 4.78 is 11.8. The van der Waals surface area contributed by atoms with E-state index >= 15 is 0 Å². The van der Waals surface area contributed by atoms with Gasteiger partial charge in [0, 0.05) is 24.1 Å². The van der Waals surface area contributed by atoms with Crippen LogP contribution in [0.4, 0.5) is 0 Å². The number of thiophene rings is 1. The Hall–Kier alpha value is -0.860. The molecule has 1 aromatic rings. The van der Waals surface area contributed by atoms with Gasteiger partial charge in [0.15, 0.2) is 5.96 Å². The van der Waals surface area contributed by atoms with Crippen LogP contribution in [0.15, 0.2) is 17.1 Å². The van der Waals surface area contributed by atoms with E-state index in [2.05, 4.69) is 15.6 Å². The largest absolute Gasteiger partial charge is 0.386 e. The second-order valence-corrected chi connectivity index (χ2v) is 7.49. The van der Waals surface area contributed by atoms with Gasteiger partial charge in [0.2, 0.25) is 0 Å². The molecule has 0 aliphatic carbocycles. The van der Waals surface area contributed by atoms with Crippen molar-refractivity contribution in [3.05, 3.63) is 21.3 Å². The predicted molar refractivity (Wildman–Crippen MR) is 98.0 cm³/mol. The van der Waals surface area contributed by atoms with E-state index in [4.69, 9.17) is 21.1 Å². The number of hydrogen-bond acceptors (Lipinski definition) is 5. The van der Waals surface area contributed by atoms with Crippen LogP contribution in [-0.4, -0.2) is 56.1 Å². The van der Waals surface area contributed by atoms with Crippen molar-refractivity contribution < 1.29 is 14.6 Å². The summed E-state index contributed by atoms with van der Waals surface area (Å²) in [5, 5.41) is 16.7. The molecule has 2 heterocycles. The smallest absolute Gasteiger partial charge is 0.191 e. The number of ether oxygens (including phenoxy) is 2. The number of hydrogen-bond donors (Lipinski definition) is 3. The monoisotopic (exact) mass is 375 g/mol. The Morgan fingerprint density at radius 2 is 2.42 bits per heavy atom. The lowest BCUT2D eigenvalue weighted by molar-refractivity contribution is 0.0347. The van der Waals surface area contributed by atoms with Gasteiger partial charge in [-0.25, -0.2) is 0 Å². The highest BCUT2D eigenvalue weighted by Gasteiger charge is 2.17. The first-order valence-electron chi connectivity index (χ1n) is 8.26. The molecule has 1 saturated heterocycles. The van der Waals surface area contributed by atoms with Crippen molar-refractivity contribution in [1.82, 2.24) is 10.6 Å². The van der Waals surface area contributed by atoms with E-state index in [0.29, 0.717) is 23.5 Å². The van der Waals surface area contributed by atoms with Crippen LogP contribution in [0.2, 0.25) is 4.34 Å². The van der Waals surface area contributed by atoms with E-state index in [1.54, 1.807) is 6.07 Å². The molecule has 3 N–H and O–H groups in total. The fourth-order valence-electron chi connectivity index (χ4n) is 2.29. The van der Waals surface area contributed by atoms with Crippen LogP contribution in [-0.2, 0) is 9.47 Å². The molecule has 0 bridgehead atoms. The summed E-state index contributed by atoms with van der Waals surface area (Å²) >= 11 is 7.27. The molecule has 24 heavy (non-hydrogen) atoms. The Kier molecular flexibility index (Phi) is 8.28. The van der Waals surface area contributed by atoms with E-state index in [1.807, 2.05) is 19.9 Å². The highest BCUT2D eigenvalue weighted by Crippen LogP contribution is 2.26. The lowest BCUT2D eigenvalue weighted by atomic mass is 10.3. The maximum absolute atomic E-state index is 10.2. The molecule has 2 rings (SSSR count). The number of aliphatic hydroxyl groups is 1. The Bertz CT molecular complexity index is 520. The summed E-state index contributed by atoms with van der Waals surface area (Å²) in [5.41, 5.74) is 0. The zero-order valence-electron chi connectivity index (χ0n) is 14.1. The number of aliphatic imine (C=N–C) groups is 1. The average molecular weight is 376 g/mol. The fraction of sp³-hybridized carbons (Fsp3) is 0.688. The zero-order valence-corrected chi connectivity index (χ0v) is 15.7. The number of rotatable bonds is 8. The van der Waals surface area contributed by atoms with Gasteiger partial charge in [0.25, 0.3) is 0 Å². The van der Waals surface area contributed by atoms with Crippen LogP contribution in [0.1, 0.15) is 31.2 Å². The van der Waals surface area contributed by atoms with Crippen LogP contribution < -0.4 is 10.6 Å². The third-order valence-electron chi connectivity index (χ3n) is 3.54. The molecule has 0 radical (unpaired) electrons. The van der Waals surface area contributed by atoms with Crippen molar-refractivity contribution >= 4 is 28.9 Å². The number of aliphatic hydroxyl groups excluding tert-OH is 1. The zero-order chi connectivity index (χ0) is 17.4. The summed E-state index contributed by atoms with van der Waals surface area (Å²) in [5.74, 6) is 0.665. The maximum atomic E-state index is 10.2. The normalized spacial score (nSPS) is 20.8. The minimum absolute atomic E-state index is 0.108. The van der Waals surface area contributed by atoms with Gasteiger partial charge in [-0.3, -0.25) is 4.99 Å². The molecule has 3 unspecified atom stereocenters. The van der Waals surface area contributed by atoms with Gasteiger partial charge < -0.3 is 25.2 Å². The van der Waals surface area contributed by atoms with Gasteiger partial charge in [-0.1, -0.05) is 11.6 Å². The standard InChI is InChI=1S/C16H26ClN3O3S/c1-3-18-16(19-8-13(21)14-4-5-15(17)24-14)20-11(2)9-23-12-6-7-22-10-12/h4-5,11-13,21H,3,6-10H2,1-2H3,(H2,18,19,20). The molecule has 0 amide bonds. The Labute approximate surface area is 152 Å². The molecule has 1 aromatic heterocycles. The van der Waals surface area contributed by atoms with Gasteiger partial charge in [-0.05, 0) is 32.4 Å². The molecule has 136 valence electrons. The van der Waals surface area contributed by atoms with Gasteiger partial charge in [-0.2, -0.15) is 0 Å². The first kappa shape index (κ1) is 19.5. The molecule has 0 saturated carbocycles. The SMILES string of the molecule is CCNC(=NCC(O)c1ccc(Cl)s1)NC(C)COC1CCOC1. The Morgan fingerprint density at radius 1 is 1.58 bits per heavy atom. The highest BCUT2D eigenvalue weighted by molar-refractivity contribution is 7.16. The summed E-state index contributed by atoms with van der Waals surface area (Å²) in [6.45, 7) is 7.11. The van der Waals surface area contributed by atoms with Crippen LogP contribution >= 0.6 is 22.9 Å². The summed E-state index contributed by atoms with van der Waals surface area (Å²) in [6.07, 6.45) is 0.496. The Morgan fingerprint density at radius 3 is 3.04 bits per heavy atom. The van der Waals surface area contributed by atoms with E-state index < -0.39 is 6.10 Å². The lowest BCUT2D eigenvalue weighted by Gasteiger charge is -2.20. The molecule has 1 fully saturated rings. The minimum Gasteiger partial charge on any atom is -0.386 e. The fourth-order valence-corrected chi connectivity index (χ4v) is 3.33. The number of nitrogens with one attached hydrogen (secondary N) is 2. The Balaban J connectivity index is 1.80. The number of nitrogens with zero attached hydrogens (tertiary/aromatic N) is 1. The van der Waals surface area contributed by atoms with E-state index in [1.165, 1.54) is 11.3 Å². The lowest BCUT2D eigenvalue weighted by Crippen LogP contribution is -2.44. The predicted octanol–water partition coefficient (Wildman–Crippen LogP) is 2.18. The van der Waals surface area contributed by atoms with Gasteiger partial charge in [0.05, 0.1) is 30.2 Å². The van der Waals surface area contributed by atoms with Crippen LogP contribution in [0.25, 0.3) is 0 Å². The molecule has 8 heteroatoms. The number of halogens is 1. The van der Waals surface area contributed by atoms with Crippen molar-refractivity contribution in [2.75, 3.05) is 32.9 Å². The van der Waals surface area contributed by atoms with Crippen molar-refractivity contribution in [2.24, 2.45) is 4.99 Å².